The maximum absolute atomic E-state index is 13.0. The molecule has 3 aromatic rings. The minimum atomic E-state index is -0.211. The Morgan fingerprint density at radius 1 is 0.862 bits per heavy atom. The van der Waals surface area contributed by atoms with E-state index in [2.05, 4.69) is 27.4 Å². The summed E-state index contributed by atoms with van der Waals surface area (Å²) in [6.07, 6.45) is 0. The number of hydrogen-bond donors (Lipinski definition) is 1. The summed E-state index contributed by atoms with van der Waals surface area (Å²) < 4.78 is 1.59. The summed E-state index contributed by atoms with van der Waals surface area (Å²) in [6.45, 7) is 4.23. The zero-order valence-electron chi connectivity index (χ0n) is 16.3. The highest BCUT2D eigenvalue weighted by Gasteiger charge is 2.25. The lowest BCUT2D eigenvalue weighted by Crippen LogP contribution is -2.48. The van der Waals surface area contributed by atoms with Gasteiger partial charge in [-0.3, -0.25) is 9.59 Å². The van der Waals surface area contributed by atoms with Gasteiger partial charge in [0.05, 0.1) is 5.69 Å². The standard InChI is InChI=1S/C22H23N5O2/c1-17(28)23-21-16-20(24-27(21)19-10-6-3-7-11-19)22(29)26-14-12-25(13-15-26)18-8-4-2-5-9-18/h2-11,16H,12-15H2,1H3,(H,23,28). The Balaban J connectivity index is 1.52. The summed E-state index contributed by atoms with van der Waals surface area (Å²) in [5.74, 6) is 0.145. The first-order valence-electron chi connectivity index (χ1n) is 9.64. The normalized spacial score (nSPS) is 14.0. The smallest absolute Gasteiger partial charge is 0.274 e. The second kappa shape index (κ2) is 8.18. The second-order valence-corrected chi connectivity index (χ2v) is 6.96. The fraction of sp³-hybridized carbons (Fsp3) is 0.227. The maximum Gasteiger partial charge on any atom is 0.274 e. The number of amides is 2. The molecule has 1 aromatic heterocycles. The van der Waals surface area contributed by atoms with E-state index in [1.165, 1.54) is 12.6 Å². The average Bonchev–Trinajstić information content (AvgIpc) is 3.17. The van der Waals surface area contributed by atoms with E-state index in [0.717, 1.165) is 18.8 Å². The van der Waals surface area contributed by atoms with Crippen molar-refractivity contribution >= 4 is 23.3 Å². The fourth-order valence-electron chi connectivity index (χ4n) is 3.49. The van der Waals surface area contributed by atoms with Crippen molar-refractivity contribution in [2.45, 2.75) is 6.92 Å². The molecule has 0 spiro atoms. The summed E-state index contributed by atoms with van der Waals surface area (Å²) in [6, 6.07) is 21.3. The Morgan fingerprint density at radius 3 is 2.03 bits per heavy atom. The van der Waals surface area contributed by atoms with Crippen molar-refractivity contribution in [1.82, 2.24) is 14.7 Å². The van der Waals surface area contributed by atoms with Crippen LogP contribution in [-0.2, 0) is 4.79 Å². The topological polar surface area (TPSA) is 70.5 Å². The predicted molar refractivity (Wildman–Crippen MR) is 112 cm³/mol. The minimum Gasteiger partial charge on any atom is -0.368 e. The van der Waals surface area contributed by atoms with Crippen LogP contribution in [0, 0.1) is 0 Å². The molecule has 1 aliphatic rings. The van der Waals surface area contributed by atoms with Crippen LogP contribution >= 0.6 is 0 Å². The number of piperazine rings is 1. The van der Waals surface area contributed by atoms with Crippen molar-refractivity contribution in [1.29, 1.82) is 0 Å². The molecule has 7 heteroatoms. The molecular formula is C22H23N5O2. The van der Waals surface area contributed by atoms with E-state index in [1.807, 2.05) is 53.4 Å². The Kier molecular flexibility index (Phi) is 5.29. The van der Waals surface area contributed by atoms with Crippen LogP contribution in [0.5, 0.6) is 0 Å². The van der Waals surface area contributed by atoms with Gasteiger partial charge in [-0.2, -0.15) is 5.10 Å². The molecule has 29 heavy (non-hydrogen) atoms. The summed E-state index contributed by atoms with van der Waals surface area (Å²) in [7, 11) is 0. The molecule has 0 saturated carbocycles. The van der Waals surface area contributed by atoms with Gasteiger partial charge in [-0.25, -0.2) is 4.68 Å². The third-order valence-corrected chi connectivity index (χ3v) is 4.92. The molecule has 0 aliphatic carbocycles. The van der Waals surface area contributed by atoms with E-state index >= 15 is 0 Å². The third kappa shape index (κ3) is 4.13. The Morgan fingerprint density at radius 2 is 1.45 bits per heavy atom. The SMILES string of the molecule is CC(=O)Nc1cc(C(=O)N2CCN(c3ccccc3)CC2)nn1-c1ccccc1. The molecule has 0 radical (unpaired) electrons. The molecule has 0 atom stereocenters. The number of carbonyl (C=O) groups excluding carboxylic acids is 2. The van der Waals surface area contributed by atoms with E-state index in [0.29, 0.717) is 24.6 Å². The van der Waals surface area contributed by atoms with E-state index in [9.17, 15) is 9.59 Å². The highest BCUT2D eigenvalue weighted by Crippen LogP contribution is 2.20. The van der Waals surface area contributed by atoms with Crippen molar-refractivity contribution in [3.63, 3.8) is 0 Å². The van der Waals surface area contributed by atoms with Gasteiger partial charge in [0.15, 0.2) is 5.69 Å². The number of aromatic nitrogens is 2. The molecule has 4 rings (SSSR count). The van der Waals surface area contributed by atoms with E-state index in [-0.39, 0.29) is 11.8 Å². The maximum atomic E-state index is 13.0. The number of nitrogens with zero attached hydrogens (tertiary/aromatic N) is 4. The van der Waals surface area contributed by atoms with E-state index < -0.39 is 0 Å². The quantitative estimate of drug-likeness (QED) is 0.745. The van der Waals surface area contributed by atoms with Crippen molar-refractivity contribution in [3.05, 3.63) is 72.4 Å². The van der Waals surface area contributed by atoms with Gasteiger partial charge in [0.25, 0.3) is 5.91 Å². The zero-order valence-corrected chi connectivity index (χ0v) is 16.3. The molecule has 2 amide bonds. The second-order valence-electron chi connectivity index (χ2n) is 6.96. The average molecular weight is 389 g/mol. The first-order valence-corrected chi connectivity index (χ1v) is 9.64. The molecule has 0 bridgehead atoms. The van der Waals surface area contributed by atoms with Crippen molar-refractivity contribution < 1.29 is 9.59 Å². The molecule has 148 valence electrons. The third-order valence-electron chi connectivity index (χ3n) is 4.92. The van der Waals surface area contributed by atoms with Gasteiger partial charge in [-0.15, -0.1) is 0 Å². The minimum absolute atomic E-state index is 0.126. The van der Waals surface area contributed by atoms with Crippen LogP contribution in [-0.4, -0.2) is 52.7 Å². The molecule has 1 fully saturated rings. The summed E-state index contributed by atoms with van der Waals surface area (Å²) in [5.41, 5.74) is 2.27. The lowest BCUT2D eigenvalue weighted by Gasteiger charge is -2.35. The molecule has 0 unspecified atom stereocenters. The van der Waals surface area contributed by atoms with Gasteiger partial charge < -0.3 is 15.1 Å². The van der Waals surface area contributed by atoms with Crippen molar-refractivity contribution in [2.75, 3.05) is 36.4 Å². The van der Waals surface area contributed by atoms with Crippen LogP contribution in [0.4, 0.5) is 11.5 Å². The fourth-order valence-corrected chi connectivity index (χ4v) is 3.49. The first kappa shape index (κ1) is 18.7. The summed E-state index contributed by atoms with van der Waals surface area (Å²) in [4.78, 5) is 28.7. The highest BCUT2D eigenvalue weighted by atomic mass is 16.2. The largest absolute Gasteiger partial charge is 0.368 e. The van der Waals surface area contributed by atoms with Gasteiger partial charge >= 0.3 is 0 Å². The van der Waals surface area contributed by atoms with Crippen LogP contribution in [0.2, 0.25) is 0 Å². The number of anilines is 2. The molecule has 1 aliphatic heterocycles. The van der Waals surface area contributed by atoms with Gasteiger partial charge in [0.2, 0.25) is 5.91 Å². The van der Waals surface area contributed by atoms with Crippen LogP contribution in [0.15, 0.2) is 66.7 Å². The lowest BCUT2D eigenvalue weighted by molar-refractivity contribution is -0.114. The van der Waals surface area contributed by atoms with Gasteiger partial charge in [0.1, 0.15) is 5.82 Å². The van der Waals surface area contributed by atoms with Crippen LogP contribution in [0.1, 0.15) is 17.4 Å². The number of para-hydroxylation sites is 2. The number of nitrogens with one attached hydrogen (secondary N) is 1. The highest BCUT2D eigenvalue weighted by molar-refractivity contribution is 5.95. The monoisotopic (exact) mass is 389 g/mol. The zero-order chi connectivity index (χ0) is 20.2. The summed E-state index contributed by atoms with van der Waals surface area (Å²) in [5, 5.41) is 7.24. The lowest BCUT2D eigenvalue weighted by atomic mass is 10.2. The Bertz CT molecular complexity index is 993. The van der Waals surface area contributed by atoms with E-state index in [1.54, 1.807) is 10.7 Å². The predicted octanol–water partition coefficient (Wildman–Crippen LogP) is 2.79. The molecule has 1 N–H and O–H groups in total. The Labute approximate surface area is 169 Å². The number of rotatable bonds is 4. The molecular weight excluding hydrogens is 366 g/mol. The van der Waals surface area contributed by atoms with Gasteiger partial charge in [0, 0.05) is 44.9 Å². The Hall–Kier alpha value is -3.61. The number of hydrogen-bond acceptors (Lipinski definition) is 4. The van der Waals surface area contributed by atoms with Gasteiger partial charge in [-0.05, 0) is 24.3 Å². The van der Waals surface area contributed by atoms with Crippen LogP contribution < -0.4 is 10.2 Å². The van der Waals surface area contributed by atoms with Crippen LogP contribution in [0.25, 0.3) is 5.69 Å². The molecule has 2 aromatic carbocycles. The number of benzene rings is 2. The van der Waals surface area contributed by atoms with Gasteiger partial charge in [-0.1, -0.05) is 36.4 Å². The summed E-state index contributed by atoms with van der Waals surface area (Å²) >= 11 is 0. The molecule has 1 saturated heterocycles. The molecule has 7 nitrogen and oxygen atoms in total. The van der Waals surface area contributed by atoms with Crippen molar-refractivity contribution in [2.24, 2.45) is 0 Å². The van der Waals surface area contributed by atoms with Crippen molar-refractivity contribution in [3.8, 4) is 5.69 Å². The first-order chi connectivity index (χ1) is 14.1. The molecule has 2 heterocycles. The van der Waals surface area contributed by atoms with Crippen LogP contribution in [0.3, 0.4) is 0 Å². The number of carbonyl (C=O) groups is 2. The van der Waals surface area contributed by atoms with E-state index in [4.69, 9.17) is 0 Å².